The fraction of sp³-hybridized carbons (Fsp3) is 0.278. The molecule has 0 aliphatic rings. The van der Waals surface area contributed by atoms with Crippen LogP contribution in [-0.4, -0.2) is 13.0 Å². The fourth-order valence-corrected chi connectivity index (χ4v) is 2.36. The highest BCUT2D eigenvalue weighted by Crippen LogP contribution is 2.33. The van der Waals surface area contributed by atoms with Gasteiger partial charge in [-0.15, -0.1) is 0 Å². The van der Waals surface area contributed by atoms with E-state index in [2.05, 4.69) is 5.32 Å². The third kappa shape index (κ3) is 3.64. The topological polar surface area (TPSA) is 38.3 Å². The molecule has 2 aromatic carbocycles. The van der Waals surface area contributed by atoms with Gasteiger partial charge >= 0.3 is 0 Å². The highest BCUT2D eigenvalue weighted by atomic mass is 35.5. The number of methoxy groups -OCH3 is 1. The molecule has 0 aromatic heterocycles. The van der Waals surface area contributed by atoms with Crippen molar-refractivity contribution in [2.24, 2.45) is 0 Å². The second-order valence-electron chi connectivity index (χ2n) is 5.89. The van der Waals surface area contributed by atoms with Crippen molar-refractivity contribution in [3.63, 3.8) is 0 Å². The Morgan fingerprint density at radius 2 is 1.83 bits per heavy atom. The maximum atomic E-state index is 13.1. The summed E-state index contributed by atoms with van der Waals surface area (Å²) in [5, 5.41) is 3.43. The molecule has 0 bridgehead atoms. The minimum Gasteiger partial charge on any atom is -0.495 e. The van der Waals surface area contributed by atoms with Crippen molar-refractivity contribution in [3.05, 3.63) is 58.4 Å². The van der Waals surface area contributed by atoms with Gasteiger partial charge in [0.25, 0.3) is 0 Å². The largest absolute Gasteiger partial charge is 0.495 e. The summed E-state index contributed by atoms with van der Waals surface area (Å²) in [4.78, 5) is 12.7. The van der Waals surface area contributed by atoms with Gasteiger partial charge in [0.15, 0.2) is 0 Å². The Labute approximate surface area is 140 Å². The Balaban J connectivity index is 2.31. The summed E-state index contributed by atoms with van der Waals surface area (Å²) in [6.07, 6.45) is 0. The molecule has 0 atom stereocenters. The van der Waals surface area contributed by atoms with Crippen molar-refractivity contribution in [3.8, 4) is 5.75 Å². The van der Waals surface area contributed by atoms with Crippen LogP contribution < -0.4 is 10.1 Å². The molecule has 0 unspecified atom stereocenters. The molecular formula is C18H19ClFNO2. The summed E-state index contributed by atoms with van der Waals surface area (Å²) in [7, 11) is 1.52. The van der Waals surface area contributed by atoms with Gasteiger partial charge in [-0.1, -0.05) is 23.7 Å². The van der Waals surface area contributed by atoms with Crippen LogP contribution in [0, 0.1) is 12.7 Å². The first-order chi connectivity index (χ1) is 10.8. The van der Waals surface area contributed by atoms with Crippen LogP contribution >= 0.6 is 11.6 Å². The molecule has 0 heterocycles. The van der Waals surface area contributed by atoms with Crippen LogP contribution in [0.1, 0.15) is 25.0 Å². The van der Waals surface area contributed by atoms with Gasteiger partial charge in [0.1, 0.15) is 11.6 Å². The number of benzene rings is 2. The lowest BCUT2D eigenvalue weighted by molar-refractivity contribution is -0.120. The van der Waals surface area contributed by atoms with E-state index in [4.69, 9.17) is 16.3 Å². The zero-order valence-electron chi connectivity index (χ0n) is 13.5. The quantitative estimate of drug-likeness (QED) is 0.878. The zero-order valence-corrected chi connectivity index (χ0v) is 14.3. The lowest BCUT2D eigenvalue weighted by Crippen LogP contribution is -2.34. The van der Waals surface area contributed by atoms with E-state index >= 15 is 0 Å². The highest BCUT2D eigenvalue weighted by molar-refractivity contribution is 6.31. The molecule has 0 radical (unpaired) electrons. The number of ether oxygens (including phenoxy) is 1. The number of hydrogen-bond donors (Lipinski definition) is 1. The van der Waals surface area contributed by atoms with Gasteiger partial charge in [-0.05, 0) is 50.1 Å². The Morgan fingerprint density at radius 3 is 2.39 bits per heavy atom. The minimum absolute atomic E-state index is 0.218. The summed E-state index contributed by atoms with van der Waals surface area (Å²) in [6.45, 7) is 5.41. The van der Waals surface area contributed by atoms with E-state index in [9.17, 15) is 9.18 Å². The molecule has 2 rings (SSSR count). The van der Waals surface area contributed by atoms with E-state index < -0.39 is 5.41 Å². The van der Waals surface area contributed by atoms with Gasteiger partial charge in [0, 0.05) is 11.1 Å². The predicted molar refractivity (Wildman–Crippen MR) is 90.8 cm³/mol. The lowest BCUT2D eigenvalue weighted by atomic mass is 9.83. The third-order valence-electron chi connectivity index (χ3n) is 3.86. The third-order valence-corrected chi connectivity index (χ3v) is 4.27. The van der Waals surface area contributed by atoms with Crippen LogP contribution in [0.25, 0.3) is 0 Å². The van der Waals surface area contributed by atoms with E-state index in [1.165, 1.54) is 19.2 Å². The monoisotopic (exact) mass is 335 g/mol. The molecule has 3 nitrogen and oxygen atoms in total. The van der Waals surface area contributed by atoms with Crippen molar-refractivity contribution in [2.75, 3.05) is 12.4 Å². The number of aryl methyl sites for hydroxylation is 1. The Kier molecular flexibility index (Phi) is 4.95. The van der Waals surface area contributed by atoms with E-state index in [1.54, 1.807) is 38.1 Å². The van der Waals surface area contributed by atoms with Crippen molar-refractivity contribution in [2.45, 2.75) is 26.2 Å². The predicted octanol–water partition coefficient (Wildman–Crippen LogP) is 4.71. The van der Waals surface area contributed by atoms with Gasteiger partial charge in [-0.2, -0.15) is 0 Å². The highest BCUT2D eigenvalue weighted by Gasteiger charge is 2.30. The van der Waals surface area contributed by atoms with Crippen molar-refractivity contribution in [1.29, 1.82) is 0 Å². The molecule has 5 heteroatoms. The number of hydrogen-bond acceptors (Lipinski definition) is 2. The van der Waals surface area contributed by atoms with Crippen LogP contribution in [-0.2, 0) is 10.2 Å². The molecule has 0 aliphatic carbocycles. The van der Waals surface area contributed by atoms with Crippen molar-refractivity contribution in [1.82, 2.24) is 0 Å². The van der Waals surface area contributed by atoms with Crippen LogP contribution in [0.5, 0.6) is 5.75 Å². The molecule has 0 saturated carbocycles. The second-order valence-corrected chi connectivity index (χ2v) is 6.29. The number of carbonyl (C=O) groups excluding carboxylic acids is 1. The van der Waals surface area contributed by atoms with E-state index in [0.717, 1.165) is 11.1 Å². The number of carbonyl (C=O) groups is 1. The first-order valence-electron chi connectivity index (χ1n) is 7.17. The zero-order chi connectivity index (χ0) is 17.2. The van der Waals surface area contributed by atoms with Crippen LogP contribution in [0.15, 0.2) is 36.4 Å². The molecule has 23 heavy (non-hydrogen) atoms. The molecule has 122 valence electrons. The van der Waals surface area contributed by atoms with E-state index in [1.807, 2.05) is 6.92 Å². The van der Waals surface area contributed by atoms with Gasteiger partial charge < -0.3 is 10.1 Å². The van der Waals surface area contributed by atoms with E-state index in [0.29, 0.717) is 16.5 Å². The number of halogens is 2. The molecule has 1 amide bonds. The average molecular weight is 336 g/mol. The summed E-state index contributed by atoms with van der Waals surface area (Å²) < 4.78 is 18.3. The maximum Gasteiger partial charge on any atom is 0.234 e. The smallest absolute Gasteiger partial charge is 0.234 e. The van der Waals surface area contributed by atoms with Crippen molar-refractivity contribution < 1.29 is 13.9 Å². The second kappa shape index (κ2) is 6.59. The fourth-order valence-electron chi connectivity index (χ4n) is 2.21. The standard InChI is InChI=1S/C18H19ClFNO2/c1-11-9-15(16(23-4)10-14(11)19)21-17(22)18(2,3)12-5-7-13(20)8-6-12/h5-10H,1-4H3,(H,21,22). The Morgan fingerprint density at radius 1 is 1.22 bits per heavy atom. The van der Waals surface area contributed by atoms with Gasteiger partial charge in [-0.25, -0.2) is 4.39 Å². The molecular weight excluding hydrogens is 317 g/mol. The summed E-state index contributed by atoms with van der Waals surface area (Å²) >= 11 is 6.07. The Bertz CT molecular complexity index is 727. The van der Waals surface area contributed by atoms with Gasteiger partial charge in [-0.3, -0.25) is 4.79 Å². The first-order valence-corrected chi connectivity index (χ1v) is 7.55. The Hall–Kier alpha value is -2.07. The van der Waals surface area contributed by atoms with Crippen LogP contribution in [0.2, 0.25) is 5.02 Å². The maximum absolute atomic E-state index is 13.1. The number of nitrogens with one attached hydrogen (secondary N) is 1. The minimum atomic E-state index is -0.827. The molecule has 0 fully saturated rings. The summed E-state index contributed by atoms with van der Waals surface area (Å²) in [5.41, 5.74) is 1.28. The molecule has 0 spiro atoms. The number of rotatable bonds is 4. The van der Waals surface area contributed by atoms with E-state index in [-0.39, 0.29) is 11.7 Å². The van der Waals surface area contributed by atoms with Crippen molar-refractivity contribution >= 4 is 23.2 Å². The number of anilines is 1. The summed E-state index contributed by atoms with van der Waals surface area (Å²) in [6, 6.07) is 9.34. The SMILES string of the molecule is COc1cc(Cl)c(C)cc1NC(=O)C(C)(C)c1ccc(F)cc1. The molecule has 0 aliphatic heterocycles. The molecule has 2 aromatic rings. The lowest BCUT2D eigenvalue weighted by Gasteiger charge is -2.25. The van der Waals surface area contributed by atoms with Gasteiger partial charge in [0.2, 0.25) is 5.91 Å². The molecule has 1 N–H and O–H groups in total. The van der Waals surface area contributed by atoms with Gasteiger partial charge in [0.05, 0.1) is 18.2 Å². The average Bonchev–Trinajstić information content (AvgIpc) is 2.51. The van der Waals surface area contributed by atoms with Crippen LogP contribution in [0.3, 0.4) is 0 Å². The number of amides is 1. The van der Waals surface area contributed by atoms with Crippen LogP contribution in [0.4, 0.5) is 10.1 Å². The molecule has 0 saturated heterocycles. The summed E-state index contributed by atoms with van der Waals surface area (Å²) in [5.74, 6) is -0.0621. The normalized spacial score (nSPS) is 11.2. The first kappa shape index (κ1) is 17.3.